The van der Waals surface area contributed by atoms with Gasteiger partial charge in [0.2, 0.25) is 0 Å². The summed E-state index contributed by atoms with van der Waals surface area (Å²) >= 11 is 0. The van der Waals surface area contributed by atoms with Crippen molar-refractivity contribution < 1.29 is 0 Å². The zero-order valence-corrected chi connectivity index (χ0v) is 24.7. The van der Waals surface area contributed by atoms with Crippen molar-refractivity contribution in [3.8, 4) is 56.7 Å². The van der Waals surface area contributed by atoms with Crippen molar-refractivity contribution in [1.29, 1.82) is 0 Å². The quantitative estimate of drug-likeness (QED) is 0.188. The molecule has 46 heavy (non-hydrogen) atoms. The van der Waals surface area contributed by atoms with Crippen LogP contribution < -0.4 is 0 Å². The van der Waals surface area contributed by atoms with E-state index in [9.17, 15) is 0 Å². The lowest BCUT2D eigenvalue weighted by molar-refractivity contribution is 1.11. The molecule has 0 bridgehead atoms. The Bertz CT molecular complexity index is 2410. The fourth-order valence-corrected chi connectivity index (χ4v) is 6.41. The molecule has 0 unspecified atom stereocenters. The van der Waals surface area contributed by atoms with E-state index in [1.165, 1.54) is 32.3 Å². The Hall–Kier alpha value is -6.33. The van der Waals surface area contributed by atoms with Gasteiger partial charge in [-0.15, -0.1) is 0 Å². The molecule has 0 saturated carbocycles. The topological polar surface area (TPSA) is 64.5 Å². The molecule has 9 rings (SSSR count). The molecule has 0 spiro atoms. The van der Waals surface area contributed by atoms with E-state index >= 15 is 0 Å². The molecule has 0 aliphatic carbocycles. The molecule has 0 radical (unpaired) electrons. The Labute approximate surface area is 265 Å². The zero-order chi connectivity index (χ0) is 30.5. The molecule has 0 atom stereocenters. The van der Waals surface area contributed by atoms with Crippen LogP contribution in [-0.4, -0.2) is 24.9 Å². The number of hydrogen-bond donors (Lipinski definition) is 0. The molecule has 0 N–H and O–H groups in total. The second-order valence-electron chi connectivity index (χ2n) is 11.4. The molecule has 3 heterocycles. The molecule has 0 saturated heterocycles. The summed E-state index contributed by atoms with van der Waals surface area (Å²) in [6, 6.07) is 48.1. The molecule has 5 heteroatoms. The largest absolute Gasteiger partial charge is 0.241 e. The average Bonchev–Trinajstić information content (AvgIpc) is 3.14. The Morgan fingerprint density at radius 3 is 1.46 bits per heavy atom. The van der Waals surface area contributed by atoms with E-state index in [4.69, 9.17) is 15.0 Å². The van der Waals surface area contributed by atoms with Gasteiger partial charge in [0.05, 0.1) is 11.4 Å². The summed E-state index contributed by atoms with van der Waals surface area (Å²) in [6.45, 7) is 0. The van der Waals surface area contributed by atoms with Crippen LogP contribution in [0.1, 0.15) is 0 Å². The van der Waals surface area contributed by atoms with Gasteiger partial charge in [-0.2, -0.15) is 0 Å². The van der Waals surface area contributed by atoms with Crippen LogP contribution in [0.4, 0.5) is 0 Å². The van der Waals surface area contributed by atoms with E-state index in [1.54, 1.807) is 12.4 Å². The second kappa shape index (κ2) is 10.7. The normalized spacial score (nSPS) is 11.5. The predicted octanol–water partition coefficient (Wildman–Crippen LogP) is 9.89. The first-order valence-corrected chi connectivity index (χ1v) is 15.3. The van der Waals surface area contributed by atoms with Gasteiger partial charge in [-0.05, 0) is 67.7 Å². The highest BCUT2D eigenvalue weighted by molar-refractivity contribution is 6.25. The monoisotopic (exact) mass is 587 g/mol. The Balaban J connectivity index is 1.28. The number of hydrogen-bond acceptors (Lipinski definition) is 5. The van der Waals surface area contributed by atoms with Gasteiger partial charge in [0, 0.05) is 23.5 Å². The van der Waals surface area contributed by atoms with Crippen LogP contribution in [0.5, 0.6) is 0 Å². The van der Waals surface area contributed by atoms with Gasteiger partial charge < -0.3 is 0 Å². The van der Waals surface area contributed by atoms with Crippen molar-refractivity contribution >= 4 is 32.3 Å². The SMILES string of the molecule is c1ccc(-c2ccnc(-c3cc(-c4ccc5ccc6cccc7ccc4c5c67)cc(-c4nccc(-c5ccccc5)n4)n3)n2)cc1. The number of pyridine rings is 1. The van der Waals surface area contributed by atoms with Crippen LogP contribution in [-0.2, 0) is 0 Å². The summed E-state index contributed by atoms with van der Waals surface area (Å²) < 4.78 is 0. The number of nitrogens with zero attached hydrogens (tertiary/aromatic N) is 5. The second-order valence-corrected chi connectivity index (χ2v) is 11.4. The minimum absolute atomic E-state index is 0.543. The van der Waals surface area contributed by atoms with Crippen LogP contribution in [0, 0.1) is 0 Å². The van der Waals surface area contributed by atoms with Crippen LogP contribution >= 0.6 is 0 Å². The molecule has 5 nitrogen and oxygen atoms in total. The summed E-state index contributed by atoms with van der Waals surface area (Å²) in [5.41, 5.74) is 7.14. The standard InChI is InChI=1S/C41H25N5/c1-3-8-26(9-4-1)34-20-22-42-40(45-34)36-24-31(25-37(44-36)41-43-23-21-35(46-41)27-10-5-2-6-11-27)32-18-16-30-15-14-28-12-7-13-29-17-19-33(32)39(30)38(28)29/h1-25H. The lowest BCUT2D eigenvalue weighted by Crippen LogP contribution is -1.99. The molecular formula is C41H25N5. The Morgan fingerprint density at radius 2 is 0.870 bits per heavy atom. The molecule has 0 amide bonds. The van der Waals surface area contributed by atoms with Gasteiger partial charge in [-0.25, -0.2) is 24.9 Å². The molecule has 0 aliphatic heterocycles. The first-order valence-electron chi connectivity index (χ1n) is 15.3. The lowest BCUT2D eigenvalue weighted by Gasteiger charge is -2.15. The fourth-order valence-electron chi connectivity index (χ4n) is 6.41. The van der Waals surface area contributed by atoms with Gasteiger partial charge in [-0.1, -0.05) is 115 Å². The molecule has 214 valence electrons. The first kappa shape index (κ1) is 26.1. The van der Waals surface area contributed by atoms with Crippen molar-refractivity contribution in [3.05, 3.63) is 152 Å². The van der Waals surface area contributed by atoms with Gasteiger partial charge in [0.1, 0.15) is 11.4 Å². The molecule has 9 aromatic rings. The van der Waals surface area contributed by atoms with Crippen LogP contribution in [0.15, 0.2) is 152 Å². The first-order chi connectivity index (χ1) is 22.8. The Kier molecular flexibility index (Phi) is 6.06. The zero-order valence-electron chi connectivity index (χ0n) is 24.7. The molecule has 6 aromatic carbocycles. The highest BCUT2D eigenvalue weighted by Crippen LogP contribution is 2.40. The minimum Gasteiger partial charge on any atom is -0.241 e. The summed E-state index contributed by atoms with van der Waals surface area (Å²) in [7, 11) is 0. The molecule has 0 aliphatic rings. The predicted molar refractivity (Wildman–Crippen MR) is 186 cm³/mol. The Morgan fingerprint density at radius 1 is 0.348 bits per heavy atom. The van der Waals surface area contributed by atoms with Gasteiger partial charge >= 0.3 is 0 Å². The van der Waals surface area contributed by atoms with Crippen molar-refractivity contribution in [2.24, 2.45) is 0 Å². The third-order valence-corrected chi connectivity index (χ3v) is 8.57. The maximum Gasteiger partial charge on any atom is 0.178 e. The molecular weight excluding hydrogens is 562 g/mol. The van der Waals surface area contributed by atoms with Gasteiger partial charge in [0.15, 0.2) is 11.6 Å². The summed E-state index contributed by atoms with van der Waals surface area (Å²) in [4.78, 5) is 24.4. The van der Waals surface area contributed by atoms with Crippen LogP contribution in [0.3, 0.4) is 0 Å². The number of benzene rings is 6. The van der Waals surface area contributed by atoms with Crippen LogP contribution in [0.2, 0.25) is 0 Å². The number of rotatable bonds is 5. The van der Waals surface area contributed by atoms with Crippen LogP contribution in [0.25, 0.3) is 89.0 Å². The lowest BCUT2D eigenvalue weighted by atomic mass is 9.89. The van der Waals surface area contributed by atoms with Gasteiger partial charge in [-0.3, -0.25) is 0 Å². The van der Waals surface area contributed by atoms with Gasteiger partial charge in [0.25, 0.3) is 0 Å². The maximum atomic E-state index is 5.08. The smallest absolute Gasteiger partial charge is 0.178 e. The third-order valence-electron chi connectivity index (χ3n) is 8.57. The number of aromatic nitrogens is 5. The molecule has 0 fully saturated rings. The third kappa shape index (κ3) is 4.45. The van der Waals surface area contributed by atoms with Crippen molar-refractivity contribution in [3.63, 3.8) is 0 Å². The average molecular weight is 588 g/mol. The van der Waals surface area contributed by atoms with E-state index in [-0.39, 0.29) is 0 Å². The van der Waals surface area contributed by atoms with E-state index in [0.717, 1.165) is 33.6 Å². The minimum atomic E-state index is 0.543. The highest BCUT2D eigenvalue weighted by Gasteiger charge is 2.17. The van der Waals surface area contributed by atoms with E-state index in [0.29, 0.717) is 23.0 Å². The van der Waals surface area contributed by atoms with Crippen molar-refractivity contribution in [2.75, 3.05) is 0 Å². The van der Waals surface area contributed by atoms with E-state index < -0.39 is 0 Å². The maximum absolute atomic E-state index is 5.08. The van der Waals surface area contributed by atoms with E-state index in [2.05, 4.69) is 101 Å². The fraction of sp³-hybridized carbons (Fsp3) is 0. The summed E-state index contributed by atoms with van der Waals surface area (Å²) in [5, 5.41) is 7.42. The van der Waals surface area contributed by atoms with E-state index in [1.807, 2.05) is 48.5 Å². The molecule has 3 aromatic heterocycles. The highest BCUT2D eigenvalue weighted by atomic mass is 15.0. The summed E-state index contributed by atoms with van der Waals surface area (Å²) in [6.07, 6.45) is 3.59. The van der Waals surface area contributed by atoms with Crippen molar-refractivity contribution in [1.82, 2.24) is 24.9 Å². The summed E-state index contributed by atoms with van der Waals surface area (Å²) in [5.74, 6) is 1.09. The van der Waals surface area contributed by atoms with Crippen molar-refractivity contribution in [2.45, 2.75) is 0 Å².